The van der Waals surface area contributed by atoms with Crippen LogP contribution in [-0.4, -0.2) is 43.2 Å². The van der Waals surface area contributed by atoms with E-state index in [1.165, 1.54) is 17.5 Å². The van der Waals surface area contributed by atoms with Crippen LogP contribution in [0.2, 0.25) is 0 Å². The van der Waals surface area contributed by atoms with Crippen LogP contribution < -0.4 is 5.56 Å². The normalized spacial score (nSPS) is 15.8. The van der Waals surface area contributed by atoms with Crippen LogP contribution in [0.4, 0.5) is 0 Å². The Morgan fingerprint density at radius 2 is 1.75 bits per heavy atom. The first-order valence-corrected chi connectivity index (χ1v) is 11.3. The van der Waals surface area contributed by atoms with E-state index in [1.54, 1.807) is 0 Å². The summed E-state index contributed by atoms with van der Waals surface area (Å²) in [6.07, 6.45) is 3.44. The molecule has 0 amide bonds. The topological polar surface area (TPSA) is 79.7 Å². The molecule has 3 heterocycles. The standard InChI is InChI=1S/C25H28N6O/c1-17-13-20-15-21(25(32)26-22(20)14-18(17)2)23(30-11-7-4-8-12-30)24-27-28-29-31(24)16-19-9-5-3-6-10-19/h3,5-6,9-10,13-15,23H,4,7-8,11-12,16H2,1-2H3,(H,26,32)/t23-/m1/s1. The quantitative estimate of drug-likeness (QED) is 0.524. The third-order valence-corrected chi connectivity index (χ3v) is 6.52. The van der Waals surface area contributed by atoms with Crippen LogP contribution in [0, 0.1) is 13.8 Å². The van der Waals surface area contributed by atoms with Gasteiger partial charge in [-0.3, -0.25) is 9.69 Å². The molecule has 32 heavy (non-hydrogen) atoms. The number of tetrazole rings is 1. The molecule has 1 N–H and O–H groups in total. The lowest BCUT2D eigenvalue weighted by Gasteiger charge is -2.33. The Morgan fingerprint density at radius 1 is 1.00 bits per heavy atom. The van der Waals surface area contributed by atoms with Crippen LogP contribution in [0.5, 0.6) is 0 Å². The van der Waals surface area contributed by atoms with Crippen LogP contribution in [0.15, 0.2) is 53.3 Å². The molecule has 0 unspecified atom stereocenters. The van der Waals surface area contributed by atoms with Crippen molar-refractivity contribution >= 4 is 10.9 Å². The molecule has 1 aliphatic rings. The maximum atomic E-state index is 13.3. The van der Waals surface area contributed by atoms with Crippen molar-refractivity contribution in [2.75, 3.05) is 13.1 Å². The van der Waals surface area contributed by atoms with Gasteiger partial charge in [-0.05, 0) is 90.5 Å². The lowest BCUT2D eigenvalue weighted by molar-refractivity contribution is 0.177. The van der Waals surface area contributed by atoms with Crippen LogP contribution in [0.25, 0.3) is 10.9 Å². The predicted octanol–water partition coefficient (Wildman–Crippen LogP) is 3.76. The second-order valence-corrected chi connectivity index (χ2v) is 8.76. The minimum atomic E-state index is -0.288. The Balaban J connectivity index is 1.63. The van der Waals surface area contributed by atoms with Crippen molar-refractivity contribution in [1.82, 2.24) is 30.1 Å². The Bertz CT molecular complexity index is 1290. The fraction of sp³-hybridized carbons (Fsp3) is 0.360. The highest BCUT2D eigenvalue weighted by molar-refractivity contribution is 5.81. The van der Waals surface area contributed by atoms with Gasteiger partial charge in [0.2, 0.25) is 0 Å². The Kier molecular flexibility index (Phi) is 5.57. The molecule has 1 atom stereocenters. The molecule has 0 saturated carbocycles. The number of hydrogen-bond acceptors (Lipinski definition) is 5. The number of aromatic nitrogens is 5. The molecule has 0 aliphatic carbocycles. The average Bonchev–Trinajstić information content (AvgIpc) is 3.25. The Hall–Kier alpha value is -3.32. The van der Waals surface area contributed by atoms with Crippen LogP contribution >= 0.6 is 0 Å². The van der Waals surface area contributed by atoms with Crippen molar-refractivity contribution in [3.8, 4) is 0 Å². The van der Waals surface area contributed by atoms with E-state index in [0.717, 1.165) is 42.4 Å². The minimum Gasteiger partial charge on any atom is -0.322 e. The minimum absolute atomic E-state index is 0.0782. The maximum absolute atomic E-state index is 13.3. The summed E-state index contributed by atoms with van der Waals surface area (Å²) in [4.78, 5) is 18.8. The number of benzene rings is 2. The monoisotopic (exact) mass is 428 g/mol. The van der Waals surface area contributed by atoms with Crippen molar-refractivity contribution in [2.45, 2.75) is 45.7 Å². The number of rotatable bonds is 5. The van der Waals surface area contributed by atoms with E-state index in [2.05, 4.69) is 57.5 Å². The predicted molar refractivity (Wildman–Crippen MR) is 125 cm³/mol. The van der Waals surface area contributed by atoms with Crippen molar-refractivity contribution in [1.29, 1.82) is 0 Å². The molecule has 164 valence electrons. The smallest absolute Gasteiger partial charge is 0.253 e. The molecule has 7 nitrogen and oxygen atoms in total. The number of aryl methyl sites for hydroxylation is 2. The first-order valence-electron chi connectivity index (χ1n) is 11.3. The van der Waals surface area contributed by atoms with Gasteiger partial charge in [-0.1, -0.05) is 36.8 Å². The lowest BCUT2D eigenvalue weighted by atomic mass is 9.99. The number of piperidine rings is 1. The van der Waals surface area contributed by atoms with Gasteiger partial charge in [-0.25, -0.2) is 4.68 Å². The maximum Gasteiger partial charge on any atom is 0.253 e. The van der Waals surface area contributed by atoms with Gasteiger partial charge in [0.15, 0.2) is 5.82 Å². The van der Waals surface area contributed by atoms with E-state index in [1.807, 2.05) is 35.0 Å². The van der Waals surface area contributed by atoms with Gasteiger partial charge in [-0.2, -0.15) is 0 Å². The molecule has 5 rings (SSSR count). The van der Waals surface area contributed by atoms with E-state index < -0.39 is 0 Å². The van der Waals surface area contributed by atoms with Crippen LogP contribution in [0.3, 0.4) is 0 Å². The van der Waals surface area contributed by atoms with E-state index >= 15 is 0 Å². The third kappa shape index (κ3) is 3.96. The fourth-order valence-corrected chi connectivity index (χ4v) is 4.65. The summed E-state index contributed by atoms with van der Waals surface area (Å²) in [6.45, 7) is 6.58. The fourth-order valence-electron chi connectivity index (χ4n) is 4.65. The Labute approximate surface area is 187 Å². The zero-order valence-electron chi connectivity index (χ0n) is 18.6. The summed E-state index contributed by atoms with van der Waals surface area (Å²) in [5.74, 6) is 0.712. The molecule has 0 radical (unpaired) electrons. The molecular formula is C25H28N6O. The van der Waals surface area contributed by atoms with E-state index in [0.29, 0.717) is 17.9 Å². The lowest BCUT2D eigenvalue weighted by Crippen LogP contribution is -2.38. The average molecular weight is 429 g/mol. The molecule has 1 fully saturated rings. The van der Waals surface area contributed by atoms with Crippen molar-refractivity contribution < 1.29 is 0 Å². The first kappa shape index (κ1) is 20.6. The molecule has 1 aliphatic heterocycles. The number of hydrogen-bond donors (Lipinski definition) is 1. The molecule has 2 aromatic heterocycles. The highest BCUT2D eigenvalue weighted by Crippen LogP contribution is 2.30. The van der Waals surface area contributed by atoms with Crippen molar-refractivity contribution in [2.24, 2.45) is 0 Å². The van der Waals surface area contributed by atoms with E-state index in [-0.39, 0.29) is 11.6 Å². The van der Waals surface area contributed by atoms with Crippen molar-refractivity contribution in [3.63, 3.8) is 0 Å². The van der Waals surface area contributed by atoms with E-state index in [9.17, 15) is 4.79 Å². The van der Waals surface area contributed by atoms with Gasteiger partial charge < -0.3 is 4.98 Å². The SMILES string of the molecule is Cc1cc2cc([C@H](c3nnnn3Cc3ccccc3)N3CCCCC3)c(=O)[nH]c2cc1C. The molecule has 0 bridgehead atoms. The number of H-pyrrole nitrogens is 1. The van der Waals surface area contributed by atoms with Gasteiger partial charge >= 0.3 is 0 Å². The molecule has 1 saturated heterocycles. The van der Waals surface area contributed by atoms with Crippen LogP contribution in [0.1, 0.15) is 53.4 Å². The van der Waals surface area contributed by atoms with Gasteiger partial charge in [0.05, 0.1) is 6.54 Å². The first-order chi connectivity index (χ1) is 15.6. The zero-order valence-corrected chi connectivity index (χ0v) is 18.6. The van der Waals surface area contributed by atoms with Gasteiger partial charge in [-0.15, -0.1) is 5.10 Å². The molecule has 4 aromatic rings. The summed E-state index contributed by atoms with van der Waals surface area (Å²) < 4.78 is 1.83. The van der Waals surface area contributed by atoms with Crippen molar-refractivity contribution in [3.05, 3.63) is 87.0 Å². The Morgan fingerprint density at radius 3 is 2.53 bits per heavy atom. The summed E-state index contributed by atoms with van der Waals surface area (Å²) in [5.41, 5.74) is 4.98. The number of aromatic amines is 1. The van der Waals surface area contributed by atoms with Gasteiger partial charge in [0.25, 0.3) is 5.56 Å². The summed E-state index contributed by atoms with van der Waals surface area (Å²) in [6, 6.07) is 16.1. The van der Waals surface area contributed by atoms with Crippen LogP contribution in [-0.2, 0) is 6.54 Å². The molecule has 2 aromatic carbocycles. The highest BCUT2D eigenvalue weighted by atomic mass is 16.1. The summed E-state index contributed by atoms with van der Waals surface area (Å²) in [7, 11) is 0. The van der Waals surface area contributed by atoms with E-state index in [4.69, 9.17) is 0 Å². The molecule has 7 heteroatoms. The molecular weight excluding hydrogens is 400 g/mol. The second kappa shape index (κ2) is 8.67. The molecule has 0 spiro atoms. The zero-order chi connectivity index (χ0) is 22.1. The number of nitrogens with zero attached hydrogens (tertiary/aromatic N) is 5. The third-order valence-electron chi connectivity index (χ3n) is 6.52. The number of nitrogens with one attached hydrogen (secondary N) is 1. The summed E-state index contributed by atoms with van der Waals surface area (Å²) in [5, 5.41) is 13.7. The largest absolute Gasteiger partial charge is 0.322 e. The van der Waals surface area contributed by atoms with Gasteiger partial charge in [0.1, 0.15) is 6.04 Å². The number of likely N-dealkylation sites (tertiary alicyclic amines) is 1. The number of fused-ring (bicyclic) bond motifs is 1. The van der Waals surface area contributed by atoms with Gasteiger partial charge in [0, 0.05) is 11.1 Å². The highest BCUT2D eigenvalue weighted by Gasteiger charge is 2.31. The second-order valence-electron chi connectivity index (χ2n) is 8.76. The number of pyridine rings is 1. The summed E-state index contributed by atoms with van der Waals surface area (Å²) >= 11 is 0.